The zero-order chi connectivity index (χ0) is 24.7. The SMILES string of the molecule is Cc1cccc(C)c1C(=O)OCC(C)(C)COS(=O)(=O)ON1C(=O)C2[C@@H](C[C@H]2C(N)=O)[C@@H]1C. The molecule has 1 aliphatic carbocycles. The molecule has 1 aliphatic heterocycles. The number of nitrogens with two attached hydrogens (primary N) is 1. The summed E-state index contributed by atoms with van der Waals surface area (Å²) in [5.74, 6) is -3.19. The van der Waals surface area contributed by atoms with Gasteiger partial charge in [-0.15, -0.1) is 4.28 Å². The van der Waals surface area contributed by atoms with Gasteiger partial charge in [-0.3, -0.25) is 9.59 Å². The second-order valence-corrected chi connectivity index (χ2v) is 10.8. The molecule has 4 atom stereocenters. The van der Waals surface area contributed by atoms with Crippen LogP contribution in [0.5, 0.6) is 0 Å². The molecule has 1 aromatic rings. The maximum atomic E-state index is 12.6. The van der Waals surface area contributed by atoms with Crippen LogP contribution >= 0.6 is 0 Å². The van der Waals surface area contributed by atoms with Gasteiger partial charge in [0, 0.05) is 5.41 Å². The quantitative estimate of drug-likeness (QED) is 0.524. The van der Waals surface area contributed by atoms with Gasteiger partial charge >= 0.3 is 16.4 Å². The number of amides is 2. The average molecular weight is 483 g/mol. The molecule has 2 N–H and O–H groups in total. The second-order valence-electron chi connectivity index (χ2n) is 9.59. The minimum atomic E-state index is -4.58. The minimum absolute atomic E-state index is 0.0986. The van der Waals surface area contributed by atoms with Crippen molar-refractivity contribution >= 4 is 28.2 Å². The normalized spacial score (nSPS) is 24.9. The van der Waals surface area contributed by atoms with Crippen LogP contribution in [-0.2, 0) is 33.2 Å². The Labute approximate surface area is 193 Å². The fourth-order valence-corrected chi connectivity index (χ4v) is 5.24. The van der Waals surface area contributed by atoms with Crippen LogP contribution < -0.4 is 5.73 Å². The summed E-state index contributed by atoms with van der Waals surface area (Å²) >= 11 is 0. The number of nitrogens with zero attached hydrogens (tertiary/aromatic N) is 1. The van der Waals surface area contributed by atoms with E-state index in [1.54, 1.807) is 46.8 Å². The third kappa shape index (κ3) is 5.20. The van der Waals surface area contributed by atoms with Crippen molar-refractivity contribution in [2.24, 2.45) is 28.9 Å². The molecule has 0 aromatic heterocycles. The molecule has 3 rings (SSSR count). The van der Waals surface area contributed by atoms with E-state index in [1.807, 2.05) is 6.07 Å². The summed E-state index contributed by atoms with van der Waals surface area (Å²) in [6, 6.07) is 4.92. The van der Waals surface area contributed by atoms with Gasteiger partial charge in [0.15, 0.2) is 0 Å². The van der Waals surface area contributed by atoms with Gasteiger partial charge in [0.2, 0.25) is 5.91 Å². The first-order chi connectivity index (χ1) is 15.2. The number of carbonyl (C=O) groups excluding carboxylic acids is 3. The molecule has 10 nitrogen and oxygen atoms in total. The van der Waals surface area contributed by atoms with E-state index in [1.165, 1.54) is 0 Å². The highest BCUT2D eigenvalue weighted by molar-refractivity contribution is 7.81. The van der Waals surface area contributed by atoms with Crippen LogP contribution in [0.4, 0.5) is 0 Å². The zero-order valence-electron chi connectivity index (χ0n) is 19.4. The van der Waals surface area contributed by atoms with E-state index in [0.29, 0.717) is 12.0 Å². The van der Waals surface area contributed by atoms with E-state index in [0.717, 1.165) is 16.2 Å². The summed E-state index contributed by atoms with van der Waals surface area (Å²) in [5, 5.41) is 0.752. The van der Waals surface area contributed by atoms with Crippen molar-refractivity contribution in [1.29, 1.82) is 0 Å². The van der Waals surface area contributed by atoms with Gasteiger partial charge in [-0.05, 0) is 44.2 Å². The molecular weight excluding hydrogens is 452 g/mol. The van der Waals surface area contributed by atoms with Gasteiger partial charge < -0.3 is 10.5 Å². The molecule has 0 radical (unpaired) electrons. The number of hydrogen-bond donors (Lipinski definition) is 1. The molecule has 2 fully saturated rings. The molecule has 0 spiro atoms. The highest BCUT2D eigenvalue weighted by Gasteiger charge is 2.60. The molecule has 1 aromatic carbocycles. The lowest BCUT2D eigenvalue weighted by Crippen LogP contribution is -2.46. The Balaban J connectivity index is 1.55. The number of hydrogen-bond acceptors (Lipinski definition) is 8. The van der Waals surface area contributed by atoms with E-state index < -0.39 is 51.5 Å². The first-order valence-corrected chi connectivity index (χ1v) is 12.0. The summed E-state index contributed by atoms with van der Waals surface area (Å²) in [6.07, 6.45) is 0.409. The van der Waals surface area contributed by atoms with Crippen molar-refractivity contribution in [3.63, 3.8) is 0 Å². The Morgan fingerprint density at radius 1 is 1.18 bits per heavy atom. The third-order valence-electron chi connectivity index (χ3n) is 6.32. The van der Waals surface area contributed by atoms with Gasteiger partial charge in [0.1, 0.15) is 0 Å². The van der Waals surface area contributed by atoms with E-state index in [-0.39, 0.29) is 19.1 Å². The first kappa shape index (κ1) is 25.1. The number of ether oxygens (including phenoxy) is 1. The number of carbonyl (C=O) groups is 3. The fourth-order valence-electron chi connectivity index (χ4n) is 4.32. The molecule has 2 aliphatic rings. The largest absolute Gasteiger partial charge is 0.461 e. The van der Waals surface area contributed by atoms with Crippen LogP contribution in [0.3, 0.4) is 0 Å². The maximum absolute atomic E-state index is 12.6. The van der Waals surface area contributed by atoms with Crippen molar-refractivity contribution < 1.29 is 36.0 Å². The van der Waals surface area contributed by atoms with E-state index >= 15 is 0 Å². The fraction of sp³-hybridized carbons (Fsp3) is 0.591. The van der Waals surface area contributed by atoms with Crippen molar-refractivity contribution in [3.8, 4) is 0 Å². The Morgan fingerprint density at radius 2 is 1.79 bits per heavy atom. The molecule has 1 saturated carbocycles. The number of primary amides is 1. The third-order valence-corrected chi connectivity index (χ3v) is 7.07. The number of hydroxylamine groups is 2. The standard InChI is InChI=1S/C22H30N2O8S/c1-12-7-6-8-13(2)17(12)21(27)30-10-22(4,5)11-31-33(28,29)32-24-14(3)15-9-16(19(23)25)18(15)20(24)26/h6-8,14-16,18H,9-11H2,1-5H3,(H2,23,25)/t14-,15-,16+,18?/m0/s1. The van der Waals surface area contributed by atoms with Crippen LogP contribution in [0.1, 0.15) is 48.7 Å². The predicted octanol–water partition coefficient (Wildman–Crippen LogP) is 1.65. The molecule has 1 heterocycles. The van der Waals surface area contributed by atoms with E-state index in [9.17, 15) is 22.8 Å². The summed E-state index contributed by atoms with van der Waals surface area (Å²) in [4.78, 5) is 36.5. The van der Waals surface area contributed by atoms with E-state index in [2.05, 4.69) is 0 Å². The number of aryl methyl sites for hydroxylation is 2. The highest BCUT2D eigenvalue weighted by atomic mass is 32.3. The number of rotatable bonds is 9. The lowest BCUT2D eigenvalue weighted by molar-refractivity contribution is -0.160. The van der Waals surface area contributed by atoms with Gasteiger partial charge in [-0.1, -0.05) is 32.0 Å². The van der Waals surface area contributed by atoms with Gasteiger partial charge in [-0.2, -0.15) is 13.5 Å². The summed E-state index contributed by atoms with van der Waals surface area (Å²) in [5.41, 5.74) is 6.47. The monoisotopic (exact) mass is 482 g/mol. The Morgan fingerprint density at radius 3 is 2.36 bits per heavy atom. The highest BCUT2D eigenvalue weighted by Crippen LogP contribution is 2.50. The average Bonchev–Trinajstić information content (AvgIpc) is 2.84. The summed E-state index contributed by atoms with van der Waals surface area (Å²) < 4.78 is 40.1. The molecule has 11 heteroatoms. The number of esters is 1. The van der Waals surface area contributed by atoms with Gasteiger partial charge in [0.25, 0.3) is 5.91 Å². The Kier molecular flexibility index (Phi) is 6.88. The van der Waals surface area contributed by atoms with Crippen LogP contribution in [0.2, 0.25) is 0 Å². The van der Waals surface area contributed by atoms with Gasteiger partial charge in [0.05, 0.1) is 36.7 Å². The van der Waals surface area contributed by atoms with Crippen molar-refractivity contribution in [2.45, 2.75) is 47.1 Å². The van der Waals surface area contributed by atoms with E-state index in [4.69, 9.17) is 18.9 Å². The predicted molar refractivity (Wildman–Crippen MR) is 117 cm³/mol. The summed E-state index contributed by atoms with van der Waals surface area (Å²) in [6.45, 7) is 8.15. The maximum Gasteiger partial charge on any atom is 0.421 e. The lowest BCUT2D eigenvalue weighted by atomic mass is 9.64. The van der Waals surface area contributed by atoms with Crippen molar-refractivity contribution in [1.82, 2.24) is 5.06 Å². The second kappa shape index (κ2) is 9.03. The van der Waals surface area contributed by atoms with Crippen LogP contribution in [-0.4, -0.2) is 50.5 Å². The zero-order valence-corrected chi connectivity index (χ0v) is 20.2. The van der Waals surface area contributed by atoms with Crippen LogP contribution in [0.15, 0.2) is 18.2 Å². The topological polar surface area (TPSA) is 142 Å². The molecule has 2 amide bonds. The molecule has 0 bridgehead atoms. The minimum Gasteiger partial charge on any atom is -0.461 e. The smallest absolute Gasteiger partial charge is 0.421 e. The molecule has 1 unspecified atom stereocenters. The van der Waals surface area contributed by atoms with Gasteiger partial charge in [-0.25, -0.2) is 8.98 Å². The van der Waals surface area contributed by atoms with Crippen LogP contribution in [0.25, 0.3) is 0 Å². The van der Waals surface area contributed by atoms with Crippen molar-refractivity contribution in [2.75, 3.05) is 13.2 Å². The van der Waals surface area contributed by atoms with Crippen molar-refractivity contribution in [3.05, 3.63) is 34.9 Å². The number of fused-ring (bicyclic) bond motifs is 1. The molecule has 182 valence electrons. The Bertz CT molecular complexity index is 1050. The first-order valence-electron chi connectivity index (χ1n) is 10.7. The lowest BCUT2D eigenvalue weighted by Gasteiger charge is -2.36. The number of benzene rings is 1. The van der Waals surface area contributed by atoms with Crippen LogP contribution in [0, 0.1) is 37.0 Å². The molecule has 1 saturated heterocycles. The Hall–Kier alpha value is -2.50. The molecule has 33 heavy (non-hydrogen) atoms. The summed E-state index contributed by atoms with van der Waals surface area (Å²) in [7, 11) is -4.58. The molecular formula is C22H30N2O8S.